The molecule has 1 heterocycles. The zero-order valence-corrected chi connectivity index (χ0v) is 13.4. The summed E-state index contributed by atoms with van der Waals surface area (Å²) < 4.78 is 23.9. The molecule has 1 atom stereocenters. The monoisotopic (exact) mass is 343 g/mol. The predicted octanol–water partition coefficient (Wildman–Crippen LogP) is 2.41. The van der Waals surface area contributed by atoms with Crippen LogP contribution in [0.4, 0.5) is 4.39 Å². The van der Waals surface area contributed by atoms with Crippen molar-refractivity contribution in [3.05, 3.63) is 66.3 Å². The number of aliphatic hydroxyl groups is 1. The van der Waals surface area contributed by atoms with E-state index in [1.165, 1.54) is 12.1 Å². The maximum atomic E-state index is 12.9. The number of hydrogen-bond donors (Lipinski definition) is 2. The van der Waals surface area contributed by atoms with Gasteiger partial charge in [0.25, 0.3) is 0 Å². The largest absolute Gasteiger partial charge is 0.491 e. The third-order valence-corrected chi connectivity index (χ3v) is 3.40. The molecule has 7 heteroatoms. The molecule has 25 heavy (non-hydrogen) atoms. The van der Waals surface area contributed by atoms with Crippen LogP contribution in [0.5, 0.6) is 5.75 Å². The van der Waals surface area contributed by atoms with Crippen molar-refractivity contribution in [3.63, 3.8) is 0 Å². The third kappa shape index (κ3) is 5.10. The number of halogens is 1. The van der Waals surface area contributed by atoms with Crippen molar-refractivity contribution in [2.24, 2.45) is 0 Å². The van der Waals surface area contributed by atoms with Crippen LogP contribution >= 0.6 is 0 Å². The average molecular weight is 343 g/mol. The zero-order chi connectivity index (χ0) is 17.5. The van der Waals surface area contributed by atoms with Crippen LogP contribution in [0.15, 0.2) is 59.0 Å². The smallest absolute Gasteiger partial charge is 0.247 e. The van der Waals surface area contributed by atoms with E-state index in [0.29, 0.717) is 36.2 Å². The maximum absolute atomic E-state index is 12.9. The van der Waals surface area contributed by atoms with E-state index in [9.17, 15) is 9.50 Å². The number of nitrogens with one attached hydrogen (secondary N) is 1. The van der Waals surface area contributed by atoms with E-state index in [1.54, 1.807) is 12.1 Å². The van der Waals surface area contributed by atoms with Gasteiger partial charge in [0.1, 0.15) is 24.3 Å². The Labute approximate surface area is 144 Å². The molecule has 0 amide bonds. The van der Waals surface area contributed by atoms with E-state index >= 15 is 0 Å². The topological polar surface area (TPSA) is 80.4 Å². The molecule has 0 fully saturated rings. The summed E-state index contributed by atoms with van der Waals surface area (Å²) in [5.41, 5.74) is 0.649. The molecule has 6 nitrogen and oxygen atoms in total. The van der Waals surface area contributed by atoms with Crippen LogP contribution in [0.3, 0.4) is 0 Å². The molecule has 0 aliphatic heterocycles. The molecule has 130 valence electrons. The fourth-order valence-electron chi connectivity index (χ4n) is 2.15. The van der Waals surface area contributed by atoms with Crippen molar-refractivity contribution < 1.29 is 18.7 Å². The Morgan fingerprint density at radius 2 is 1.84 bits per heavy atom. The summed E-state index contributed by atoms with van der Waals surface area (Å²) in [5.74, 6) is 1.10. The Bertz CT molecular complexity index is 778. The lowest BCUT2D eigenvalue weighted by molar-refractivity contribution is 0.105. The highest BCUT2D eigenvalue weighted by atomic mass is 19.1. The zero-order valence-electron chi connectivity index (χ0n) is 13.4. The highest BCUT2D eigenvalue weighted by Crippen LogP contribution is 2.17. The Kier molecular flexibility index (Phi) is 5.71. The number of benzene rings is 2. The molecule has 0 unspecified atom stereocenters. The van der Waals surface area contributed by atoms with Crippen LogP contribution < -0.4 is 10.1 Å². The molecular formula is C18H18FN3O3. The Morgan fingerprint density at radius 1 is 1.08 bits per heavy atom. The number of rotatable bonds is 8. The molecular weight excluding hydrogens is 325 g/mol. The van der Waals surface area contributed by atoms with Gasteiger partial charge >= 0.3 is 0 Å². The van der Waals surface area contributed by atoms with E-state index in [4.69, 9.17) is 9.15 Å². The van der Waals surface area contributed by atoms with Crippen LogP contribution in [0.25, 0.3) is 11.5 Å². The highest BCUT2D eigenvalue weighted by molar-refractivity contribution is 5.51. The maximum Gasteiger partial charge on any atom is 0.247 e. The van der Waals surface area contributed by atoms with E-state index < -0.39 is 6.10 Å². The predicted molar refractivity (Wildman–Crippen MR) is 89.3 cm³/mol. The van der Waals surface area contributed by atoms with Crippen LogP contribution in [-0.2, 0) is 6.54 Å². The minimum atomic E-state index is -0.667. The van der Waals surface area contributed by atoms with Crippen LogP contribution in [-0.4, -0.2) is 34.6 Å². The van der Waals surface area contributed by atoms with Crippen molar-refractivity contribution in [2.75, 3.05) is 13.2 Å². The van der Waals surface area contributed by atoms with Gasteiger partial charge in [-0.3, -0.25) is 0 Å². The second-order valence-electron chi connectivity index (χ2n) is 5.42. The molecule has 3 aromatic rings. The van der Waals surface area contributed by atoms with Gasteiger partial charge in [0.15, 0.2) is 0 Å². The summed E-state index contributed by atoms with van der Waals surface area (Å²) in [6.07, 6.45) is -0.667. The number of para-hydroxylation sites is 1. The standard InChI is InChI=1S/C18H18FN3O3/c19-14-8-6-13(7-9-14)18-22-21-17(25-18)11-20-10-15(23)12-24-16-4-2-1-3-5-16/h1-9,15,20,23H,10-12H2/t15-/m0/s1. The number of hydrogen-bond acceptors (Lipinski definition) is 6. The lowest BCUT2D eigenvalue weighted by Crippen LogP contribution is -2.31. The van der Waals surface area contributed by atoms with E-state index in [0.717, 1.165) is 0 Å². The van der Waals surface area contributed by atoms with Gasteiger partial charge in [0, 0.05) is 12.1 Å². The summed E-state index contributed by atoms with van der Waals surface area (Å²) >= 11 is 0. The molecule has 0 saturated carbocycles. The molecule has 0 radical (unpaired) electrons. The van der Waals surface area contributed by atoms with E-state index in [1.807, 2.05) is 30.3 Å². The van der Waals surface area contributed by atoms with Crippen molar-refractivity contribution in [1.82, 2.24) is 15.5 Å². The first-order chi connectivity index (χ1) is 12.2. The Hall–Kier alpha value is -2.77. The fraction of sp³-hybridized carbons (Fsp3) is 0.222. The van der Waals surface area contributed by atoms with Crippen LogP contribution in [0.2, 0.25) is 0 Å². The summed E-state index contributed by atoms with van der Waals surface area (Å²) in [5, 5.41) is 20.8. The van der Waals surface area contributed by atoms with E-state index in [2.05, 4.69) is 15.5 Å². The first-order valence-electron chi connectivity index (χ1n) is 7.85. The molecule has 1 aromatic heterocycles. The summed E-state index contributed by atoms with van der Waals surface area (Å²) in [6, 6.07) is 15.1. The SMILES string of the molecule is O[C@@H](CNCc1nnc(-c2ccc(F)cc2)o1)COc1ccccc1. The number of aliphatic hydroxyl groups excluding tert-OH is 1. The van der Waals surface area contributed by atoms with Crippen molar-refractivity contribution in [1.29, 1.82) is 0 Å². The van der Waals surface area contributed by atoms with Crippen molar-refractivity contribution >= 4 is 0 Å². The van der Waals surface area contributed by atoms with Gasteiger partial charge in [-0.25, -0.2) is 4.39 Å². The number of ether oxygens (including phenoxy) is 1. The Morgan fingerprint density at radius 3 is 2.60 bits per heavy atom. The van der Waals surface area contributed by atoms with Gasteiger partial charge in [-0.05, 0) is 36.4 Å². The number of nitrogens with zero attached hydrogens (tertiary/aromatic N) is 2. The quantitative estimate of drug-likeness (QED) is 0.654. The van der Waals surface area contributed by atoms with Gasteiger partial charge in [0.05, 0.1) is 6.54 Å². The lowest BCUT2D eigenvalue weighted by atomic mass is 10.2. The molecule has 2 aromatic carbocycles. The molecule has 0 bridgehead atoms. The molecule has 0 saturated heterocycles. The first kappa shape index (κ1) is 17.1. The average Bonchev–Trinajstić information content (AvgIpc) is 3.10. The van der Waals surface area contributed by atoms with Gasteiger partial charge in [-0.15, -0.1) is 10.2 Å². The molecule has 2 N–H and O–H groups in total. The molecule has 0 aliphatic carbocycles. The van der Waals surface area contributed by atoms with Crippen LogP contribution in [0, 0.1) is 5.82 Å². The van der Waals surface area contributed by atoms with Crippen LogP contribution in [0.1, 0.15) is 5.89 Å². The molecule has 0 aliphatic rings. The molecule has 0 spiro atoms. The second kappa shape index (κ2) is 8.36. The van der Waals surface area contributed by atoms with Gasteiger partial charge in [-0.2, -0.15) is 0 Å². The fourth-order valence-corrected chi connectivity index (χ4v) is 2.15. The lowest BCUT2D eigenvalue weighted by Gasteiger charge is -2.12. The highest BCUT2D eigenvalue weighted by Gasteiger charge is 2.10. The summed E-state index contributed by atoms with van der Waals surface area (Å²) in [4.78, 5) is 0. The Balaban J connectivity index is 1.42. The normalized spacial score (nSPS) is 12.1. The van der Waals surface area contributed by atoms with E-state index in [-0.39, 0.29) is 12.4 Å². The summed E-state index contributed by atoms with van der Waals surface area (Å²) in [6.45, 7) is 0.819. The van der Waals surface area contributed by atoms with Gasteiger partial charge < -0.3 is 19.6 Å². The third-order valence-electron chi connectivity index (χ3n) is 3.40. The minimum Gasteiger partial charge on any atom is -0.491 e. The van der Waals surface area contributed by atoms with Crippen molar-refractivity contribution in [3.8, 4) is 17.2 Å². The summed E-state index contributed by atoms with van der Waals surface area (Å²) in [7, 11) is 0. The minimum absolute atomic E-state index is 0.182. The molecule has 3 rings (SSSR count). The van der Waals surface area contributed by atoms with Gasteiger partial charge in [0.2, 0.25) is 11.8 Å². The first-order valence-corrected chi connectivity index (χ1v) is 7.85. The second-order valence-corrected chi connectivity index (χ2v) is 5.42. The van der Waals surface area contributed by atoms with Crippen molar-refractivity contribution in [2.45, 2.75) is 12.6 Å². The van der Waals surface area contributed by atoms with Gasteiger partial charge in [-0.1, -0.05) is 18.2 Å². The number of aromatic nitrogens is 2.